The van der Waals surface area contributed by atoms with Gasteiger partial charge in [0.25, 0.3) is 0 Å². The molecule has 0 fully saturated rings. The Morgan fingerprint density at radius 3 is 1.84 bits per heavy atom. The van der Waals surface area contributed by atoms with Gasteiger partial charge in [0.15, 0.2) is 0 Å². The summed E-state index contributed by atoms with van der Waals surface area (Å²) in [6, 6.07) is 0.342. The zero-order valence-electron chi connectivity index (χ0n) is 13.4. The van der Waals surface area contributed by atoms with Gasteiger partial charge in [0.1, 0.15) is 0 Å². The first-order chi connectivity index (χ1) is 8.72. The standard InChI is InChI=1S/C15H29NO3/c1-8-19-14(17)9-12(6)13(7)15(18)16(10(2)3)11(4)5/h10-13H,8-9H2,1-7H3/t12-,13-/m1/s1. The van der Waals surface area contributed by atoms with Crippen LogP contribution in [-0.2, 0) is 14.3 Å². The monoisotopic (exact) mass is 271 g/mol. The highest BCUT2D eigenvalue weighted by Crippen LogP contribution is 2.21. The quantitative estimate of drug-likeness (QED) is 0.669. The van der Waals surface area contributed by atoms with Crippen LogP contribution >= 0.6 is 0 Å². The Hall–Kier alpha value is -1.06. The van der Waals surface area contributed by atoms with Crippen molar-refractivity contribution in [2.45, 2.75) is 67.0 Å². The second-order valence-corrected chi connectivity index (χ2v) is 5.71. The molecule has 0 aliphatic carbocycles. The lowest BCUT2D eigenvalue weighted by atomic mass is 9.91. The van der Waals surface area contributed by atoms with Crippen LogP contribution in [0.3, 0.4) is 0 Å². The van der Waals surface area contributed by atoms with Gasteiger partial charge < -0.3 is 9.64 Å². The number of hydrogen-bond donors (Lipinski definition) is 0. The number of esters is 1. The fraction of sp³-hybridized carbons (Fsp3) is 0.867. The van der Waals surface area contributed by atoms with Crippen LogP contribution in [0.25, 0.3) is 0 Å². The van der Waals surface area contributed by atoms with Crippen LogP contribution in [0.5, 0.6) is 0 Å². The Kier molecular flexibility index (Phi) is 7.72. The van der Waals surface area contributed by atoms with E-state index in [2.05, 4.69) is 0 Å². The van der Waals surface area contributed by atoms with E-state index in [1.165, 1.54) is 0 Å². The van der Waals surface area contributed by atoms with Crippen LogP contribution in [0.1, 0.15) is 54.9 Å². The van der Waals surface area contributed by atoms with Crippen molar-refractivity contribution in [2.24, 2.45) is 11.8 Å². The highest BCUT2D eigenvalue weighted by Gasteiger charge is 2.29. The van der Waals surface area contributed by atoms with Gasteiger partial charge in [0, 0.05) is 24.4 Å². The van der Waals surface area contributed by atoms with Crippen LogP contribution in [0.2, 0.25) is 0 Å². The summed E-state index contributed by atoms with van der Waals surface area (Å²) in [5.74, 6) is -0.294. The van der Waals surface area contributed by atoms with Gasteiger partial charge in [-0.2, -0.15) is 0 Å². The number of ether oxygens (including phenoxy) is 1. The maximum absolute atomic E-state index is 12.5. The van der Waals surface area contributed by atoms with E-state index in [4.69, 9.17) is 4.74 Å². The summed E-state index contributed by atoms with van der Waals surface area (Å²) in [6.07, 6.45) is 0.296. The highest BCUT2D eigenvalue weighted by molar-refractivity contribution is 5.80. The van der Waals surface area contributed by atoms with Crippen LogP contribution < -0.4 is 0 Å². The molecular formula is C15H29NO3. The normalized spacial score (nSPS) is 14.4. The van der Waals surface area contributed by atoms with E-state index >= 15 is 0 Å². The summed E-state index contributed by atoms with van der Waals surface area (Å²) in [7, 11) is 0. The highest BCUT2D eigenvalue weighted by atomic mass is 16.5. The van der Waals surface area contributed by atoms with Crippen molar-refractivity contribution in [3.8, 4) is 0 Å². The zero-order valence-corrected chi connectivity index (χ0v) is 13.4. The summed E-state index contributed by atoms with van der Waals surface area (Å²) < 4.78 is 4.93. The van der Waals surface area contributed by atoms with Crippen molar-refractivity contribution in [3.63, 3.8) is 0 Å². The minimum absolute atomic E-state index is 0.00782. The van der Waals surface area contributed by atoms with Crippen molar-refractivity contribution in [1.82, 2.24) is 4.90 Å². The van der Waals surface area contributed by atoms with E-state index in [0.717, 1.165) is 0 Å². The van der Waals surface area contributed by atoms with Gasteiger partial charge in [-0.1, -0.05) is 13.8 Å². The molecule has 0 heterocycles. The summed E-state index contributed by atoms with van der Waals surface area (Å²) >= 11 is 0. The van der Waals surface area contributed by atoms with Crippen LogP contribution in [0.15, 0.2) is 0 Å². The van der Waals surface area contributed by atoms with Crippen molar-refractivity contribution in [1.29, 1.82) is 0 Å². The third kappa shape index (κ3) is 5.62. The molecule has 0 saturated heterocycles. The zero-order chi connectivity index (χ0) is 15.2. The minimum atomic E-state index is -0.227. The number of amides is 1. The maximum Gasteiger partial charge on any atom is 0.306 e. The van der Waals surface area contributed by atoms with Crippen LogP contribution in [-0.4, -0.2) is 35.5 Å². The van der Waals surface area contributed by atoms with Gasteiger partial charge in [-0.15, -0.1) is 0 Å². The fourth-order valence-electron chi connectivity index (χ4n) is 2.24. The first-order valence-electron chi connectivity index (χ1n) is 7.20. The summed E-state index contributed by atoms with van der Waals surface area (Å²) in [5.41, 5.74) is 0. The van der Waals surface area contributed by atoms with Gasteiger partial charge in [-0.05, 0) is 40.5 Å². The molecule has 0 bridgehead atoms. The largest absolute Gasteiger partial charge is 0.466 e. The van der Waals surface area contributed by atoms with E-state index in [9.17, 15) is 9.59 Å². The molecule has 0 N–H and O–H groups in total. The molecule has 0 aliphatic heterocycles. The molecule has 0 unspecified atom stereocenters. The van der Waals surface area contributed by atoms with Gasteiger partial charge >= 0.3 is 5.97 Å². The lowest BCUT2D eigenvalue weighted by molar-refractivity contribution is -0.146. The smallest absolute Gasteiger partial charge is 0.306 e. The number of hydrogen-bond acceptors (Lipinski definition) is 3. The SMILES string of the molecule is CCOC(=O)C[C@@H](C)[C@@H](C)C(=O)N(C(C)C)C(C)C. The average Bonchev–Trinajstić information content (AvgIpc) is 2.26. The topological polar surface area (TPSA) is 46.6 Å². The third-order valence-corrected chi connectivity index (χ3v) is 3.40. The maximum atomic E-state index is 12.5. The first-order valence-corrected chi connectivity index (χ1v) is 7.20. The van der Waals surface area contributed by atoms with Crippen LogP contribution in [0, 0.1) is 11.8 Å². The Labute approximate surface area is 117 Å². The van der Waals surface area contributed by atoms with Gasteiger partial charge in [-0.3, -0.25) is 9.59 Å². The molecule has 0 radical (unpaired) electrons. The summed E-state index contributed by atoms with van der Waals surface area (Å²) in [5, 5.41) is 0. The summed E-state index contributed by atoms with van der Waals surface area (Å²) in [4.78, 5) is 25.8. The van der Waals surface area contributed by atoms with Crippen molar-refractivity contribution in [3.05, 3.63) is 0 Å². The molecule has 1 amide bonds. The van der Waals surface area contributed by atoms with Gasteiger partial charge in [0.05, 0.1) is 6.61 Å². The van der Waals surface area contributed by atoms with Crippen LogP contribution in [0.4, 0.5) is 0 Å². The van der Waals surface area contributed by atoms with Gasteiger partial charge in [-0.25, -0.2) is 0 Å². The number of carbonyl (C=O) groups excluding carboxylic acids is 2. The van der Waals surface area contributed by atoms with E-state index in [-0.39, 0.29) is 35.8 Å². The van der Waals surface area contributed by atoms with Crippen molar-refractivity contribution < 1.29 is 14.3 Å². The predicted octanol–water partition coefficient (Wildman–Crippen LogP) is 2.86. The molecule has 112 valence electrons. The molecule has 0 rings (SSSR count). The molecule has 0 saturated carbocycles. The molecule has 0 aromatic rings. The Bertz CT molecular complexity index is 292. The van der Waals surface area contributed by atoms with Crippen molar-refractivity contribution in [2.75, 3.05) is 6.61 Å². The lowest BCUT2D eigenvalue weighted by Crippen LogP contribution is -2.46. The molecule has 0 aliphatic rings. The minimum Gasteiger partial charge on any atom is -0.466 e. The Balaban J connectivity index is 4.65. The molecular weight excluding hydrogens is 242 g/mol. The number of nitrogens with zero attached hydrogens (tertiary/aromatic N) is 1. The lowest BCUT2D eigenvalue weighted by Gasteiger charge is -2.34. The molecule has 0 aromatic heterocycles. The fourth-order valence-corrected chi connectivity index (χ4v) is 2.24. The average molecular weight is 271 g/mol. The van der Waals surface area contributed by atoms with E-state index in [1.807, 2.05) is 46.4 Å². The molecule has 0 spiro atoms. The first kappa shape index (κ1) is 17.9. The second-order valence-electron chi connectivity index (χ2n) is 5.71. The van der Waals surface area contributed by atoms with Gasteiger partial charge in [0.2, 0.25) is 5.91 Å². The predicted molar refractivity (Wildman–Crippen MR) is 76.7 cm³/mol. The molecule has 2 atom stereocenters. The van der Waals surface area contributed by atoms with E-state index in [0.29, 0.717) is 13.0 Å². The molecule has 4 nitrogen and oxygen atoms in total. The third-order valence-electron chi connectivity index (χ3n) is 3.40. The Morgan fingerprint density at radius 2 is 1.47 bits per heavy atom. The molecule has 0 aromatic carbocycles. The number of carbonyl (C=O) groups is 2. The number of rotatable bonds is 7. The molecule has 19 heavy (non-hydrogen) atoms. The van der Waals surface area contributed by atoms with E-state index < -0.39 is 0 Å². The molecule has 4 heteroatoms. The van der Waals surface area contributed by atoms with E-state index in [1.54, 1.807) is 6.92 Å². The second kappa shape index (κ2) is 8.18. The summed E-state index contributed by atoms with van der Waals surface area (Å²) in [6.45, 7) is 14.1. The Morgan fingerprint density at radius 1 is 1.00 bits per heavy atom. The van der Waals surface area contributed by atoms with Crippen molar-refractivity contribution >= 4 is 11.9 Å².